The second-order valence-electron chi connectivity index (χ2n) is 2.50. The lowest BCUT2D eigenvalue weighted by Gasteiger charge is -1.97. The van der Waals surface area contributed by atoms with Gasteiger partial charge in [-0.1, -0.05) is 23.4 Å². The Balaban J connectivity index is 2.59. The van der Waals surface area contributed by atoms with E-state index in [1.807, 2.05) is 0 Å². The van der Waals surface area contributed by atoms with E-state index in [0.29, 0.717) is 15.7 Å². The highest BCUT2D eigenvalue weighted by Crippen LogP contribution is 2.28. The molecule has 1 aromatic heterocycles. The smallest absolute Gasteiger partial charge is 0.157 e. The number of hydrogen-bond acceptors (Lipinski definition) is 2. The molecule has 0 N–H and O–H groups in total. The number of rotatable bonds is 1. The molecule has 0 bridgehead atoms. The quantitative estimate of drug-likeness (QED) is 0.767. The van der Waals surface area contributed by atoms with E-state index in [1.54, 1.807) is 18.2 Å². The van der Waals surface area contributed by atoms with Crippen molar-refractivity contribution < 1.29 is 8.91 Å². The third kappa shape index (κ3) is 1.49. The van der Waals surface area contributed by atoms with Crippen LogP contribution in [0.3, 0.4) is 0 Å². The summed E-state index contributed by atoms with van der Waals surface area (Å²) in [5.41, 5.74) is 1.11. The standard InChI is InChI=1S/C9H5BrFNO/c10-9-7(5-13-12-9)6-3-1-2-4-8(6)11/h1-5H. The Kier molecular flexibility index (Phi) is 2.14. The molecule has 4 heteroatoms. The zero-order chi connectivity index (χ0) is 9.26. The fourth-order valence-corrected chi connectivity index (χ4v) is 1.47. The van der Waals surface area contributed by atoms with E-state index in [2.05, 4.69) is 21.1 Å². The Labute approximate surface area is 82.5 Å². The molecule has 0 radical (unpaired) electrons. The van der Waals surface area contributed by atoms with Crippen molar-refractivity contribution in [3.8, 4) is 11.1 Å². The van der Waals surface area contributed by atoms with Gasteiger partial charge in [-0.2, -0.15) is 0 Å². The molecule has 0 unspecified atom stereocenters. The fourth-order valence-electron chi connectivity index (χ4n) is 1.08. The average Bonchev–Trinajstić information content (AvgIpc) is 2.52. The molecular formula is C9H5BrFNO. The second-order valence-corrected chi connectivity index (χ2v) is 3.25. The number of nitrogens with zero attached hydrogens (tertiary/aromatic N) is 1. The molecule has 66 valence electrons. The van der Waals surface area contributed by atoms with Crippen LogP contribution in [-0.4, -0.2) is 5.16 Å². The zero-order valence-electron chi connectivity index (χ0n) is 6.50. The monoisotopic (exact) mass is 241 g/mol. The van der Waals surface area contributed by atoms with E-state index in [9.17, 15) is 4.39 Å². The minimum Gasteiger partial charge on any atom is -0.363 e. The van der Waals surface area contributed by atoms with Crippen LogP contribution in [0.5, 0.6) is 0 Å². The summed E-state index contributed by atoms with van der Waals surface area (Å²) < 4.78 is 18.4. The highest BCUT2D eigenvalue weighted by atomic mass is 79.9. The molecule has 2 nitrogen and oxygen atoms in total. The SMILES string of the molecule is Fc1ccccc1-c1conc1Br. The van der Waals surface area contributed by atoms with Crippen LogP contribution in [0, 0.1) is 5.82 Å². The normalized spacial score (nSPS) is 10.3. The summed E-state index contributed by atoms with van der Waals surface area (Å²) in [5, 5.41) is 3.61. The average molecular weight is 242 g/mol. The van der Waals surface area contributed by atoms with E-state index in [0.717, 1.165) is 0 Å². The van der Waals surface area contributed by atoms with E-state index < -0.39 is 0 Å². The summed E-state index contributed by atoms with van der Waals surface area (Å²) in [4.78, 5) is 0. The number of benzene rings is 1. The summed E-state index contributed by atoms with van der Waals surface area (Å²) in [7, 11) is 0. The molecular weight excluding hydrogens is 237 g/mol. The maximum atomic E-state index is 13.2. The van der Waals surface area contributed by atoms with Crippen LogP contribution >= 0.6 is 15.9 Å². The first-order valence-electron chi connectivity index (χ1n) is 3.64. The molecule has 0 amide bonds. The van der Waals surface area contributed by atoms with Crippen molar-refractivity contribution in [2.45, 2.75) is 0 Å². The van der Waals surface area contributed by atoms with Gasteiger partial charge in [0.2, 0.25) is 0 Å². The fraction of sp³-hybridized carbons (Fsp3) is 0. The van der Waals surface area contributed by atoms with Gasteiger partial charge in [0.1, 0.15) is 12.1 Å². The van der Waals surface area contributed by atoms with Crippen LogP contribution in [0.15, 0.2) is 39.7 Å². The van der Waals surface area contributed by atoms with Crippen LogP contribution < -0.4 is 0 Å². The first-order chi connectivity index (χ1) is 6.29. The van der Waals surface area contributed by atoms with Crippen molar-refractivity contribution in [2.75, 3.05) is 0 Å². The molecule has 1 aromatic carbocycles. The van der Waals surface area contributed by atoms with Crippen molar-refractivity contribution in [2.24, 2.45) is 0 Å². The topological polar surface area (TPSA) is 26.0 Å². The first kappa shape index (κ1) is 8.44. The molecule has 0 aliphatic rings. The highest BCUT2D eigenvalue weighted by molar-refractivity contribution is 9.10. The van der Waals surface area contributed by atoms with Gasteiger partial charge in [-0.3, -0.25) is 0 Å². The summed E-state index contributed by atoms with van der Waals surface area (Å²) in [5.74, 6) is -0.286. The highest BCUT2D eigenvalue weighted by Gasteiger charge is 2.10. The van der Waals surface area contributed by atoms with Crippen LogP contribution in [0.25, 0.3) is 11.1 Å². The van der Waals surface area contributed by atoms with E-state index in [4.69, 9.17) is 4.52 Å². The third-order valence-corrected chi connectivity index (χ3v) is 2.26. The lowest BCUT2D eigenvalue weighted by molar-refractivity contribution is 0.416. The van der Waals surface area contributed by atoms with E-state index in [1.165, 1.54) is 12.3 Å². The minimum atomic E-state index is -0.286. The lowest BCUT2D eigenvalue weighted by atomic mass is 10.1. The van der Waals surface area contributed by atoms with Gasteiger partial charge in [-0.25, -0.2) is 4.39 Å². The minimum absolute atomic E-state index is 0.286. The largest absolute Gasteiger partial charge is 0.363 e. The Bertz CT molecular complexity index is 427. The first-order valence-corrected chi connectivity index (χ1v) is 4.43. The molecule has 0 atom stereocenters. The van der Waals surface area contributed by atoms with Crippen molar-refractivity contribution >= 4 is 15.9 Å². The molecule has 2 aromatic rings. The Hall–Kier alpha value is -1.16. The van der Waals surface area contributed by atoms with Crippen molar-refractivity contribution in [1.82, 2.24) is 5.16 Å². The Morgan fingerprint density at radius 1 is 1.23 bits per heavy atom. The van der Waals surface area contributed by atoms with Gasteiger partial charge in [-0.05, 0) is 22.0 Å². The molecule has 1 heterocycles. The molecule has 0 aliphatic carbocycles. The van der Waals surface area contributed by atoms with Crippen molar-refractivity contribution in [1.29, 1.82) is 0 Å². The summed E-state index contributed by atoms with van der Waals surface area (Å²) in [6, 6.07) is 6.47. The van der Waals surface area contributed by atoms with Crippen molar-refractivity contribution in [3.05, 3.63) is 40.9 Å². The van der Waals surface area contributed by atoms with Crippen LogP contribution in [0.1, 0.15) is 0 Å². The van der Waals surface area contributed by atoms with Crippen LogP contribution in [0.4, 0.5) is 4.39 Å². The number of hydrogen-bond donors (Lipinski definition) is 0. The Morgan fingerprint density at radius 2 is 2.00 bits per heavy atom. The summed E-state index contributed by atoms with van der Waals surface area (Å²) >= 11 is 3.17. The Morgan fingerprint density at radius 3 is 2.62 bits per heavy atom. The third-order valence-electron chi connectivity index (χ3n) is 1.69. The van der Waals surface area contributed by atoms with Gasteiger partial charge in [0.15, 0.2) is 4.60 Å². The lowest BCUT2D eigenvalue weighted by Crippen LogP contribution is -1.81. The van der Waals surface area contributed by atoms with E-state index >= 15 is 0 Å². The molecule has 0 spiro atoms. The maximum absolute atomic E-state index is 13.2. The van der Waals surface area contributed by atoms with Gasteiger partial charge in [0.05, 0.1) is 5.56 Å². The summed E-state index contributed by atoms with van der Waals surface area (Å²) in [6.45, 7) is 0. The molecule has 2 rings (SSSR count). The van der Waals surface area contributed by atoms with Crippen LogP contribution in [0.2, 0.25) is 0 Å². The molecule has 13 heavy (non-hydrogen) atoms. The predicted octanol–water partition coefficient (Wildman–Crippen LogP) is 3.24. The van der Waals surface area contributed by atoms with Gasteiger partial charge in [0, 0.05) is 5.56 Å². The second kappa shape index (κ2) is 3.30. The molecule has 0 saturated heterocycles. The van der Waals surface area contributed by atoms with Crippen molar-refractivity contribution in [3.63, 3.8) is 0 Å². The molecule has 0 fully saturated rings. The van der Waals surface area contributed by atoms with Gasteiger partial charge >= 0.3 is 0 Å². The van der Waals surface area contributed by atoms with Crippen LogP contribution in [-0.2, 0) is 0 Å². The van der Waals surface area contributed by atoms with Gasteiger partial charge in [0.25, 0.3) is 0 Å². The number of halogens is 2. The maximum Gasteiger partial charge on any atom is 0.157 e. The number of aromatic nitrogens is 1. The van der Waals surface area contributed by atoms with E-state index in [-0.39, 0.29) is 5.82 Å². The summed E-state index contributed by atoms with van der Waals surface area (Å²) in [6.07, 6.45) is 1.41. The zero-order valence-corrected chi connectivity index (χ0v) is 8.08. The predicted molar refractivity (Wildman–Crippen MR) is 49.6 cm³/mol. The van der Waals surface area contributed by atoms with Gasteiger partial charge in [-0.15, -0.1) is 0 Å². The molecule has 0 aliphatic heterocycles. The van der Waals surface area contributed by atoms with Gasteiger partial charge < -0.3 is 4.52 Å². The molecule has 0 saturated carbocycles.